The Bertz CT molecular complexity index is 679. The van der Waals surface area contributed by atoms with Crippen LogP contribution in [0.15, 0.2) is 42.5 Å². The second kappa shape index (κ2) is 5.15. The molecule has 0 radical (unpaired) electrons. The number of hydrogen-bond acceptors (Lipinski definition) is 1. The molecule has 0 saturated carbocycles. The van der Waals surface area contributed by atoms with Crippen molar-refractivity contribution < 1.29 is 0 Å². The Morgan fingerprint density at radius 3 is 2.86 bits per heavy atom. The summed E-state index contributed by atoms with van der Waals surface area (Å²) in [5.41, 5.74) is 5.68. The lowest BCUT2D eigenvalue weighted by atomic mass is 9.80. The first-order valence-electron chi connectivity index (χ1n) is 7.83. The topological polar surface area (TPSA) is 12.0 Å². The van der Waals surface area contributed by atoms with Gasteiger partial charge in [0.1, 0.15) is 0 Å². The quantitative estimate of drug-likeness (QED) is 0.794. The molecule has 3 atom stereocenters. The summed E-state index contributed by atoms with van der Waals surface area (Å²) in [5.74, 6) is 1.17. The number of aryl methyl sites for hydroxylation is 1. The lowest BCUT2D eigenvalue weighted by Gasteiger charge is -2.31. The zero-order valence-electron chi connectivity index (χ0n) is 12.3. The van der Waals surface area contributed by atoms with Gasteiger partial charge in [-0.05, 0) is 61.1 Å². The van der Waals surface area contributed by atoms with Crippen molar-refractivity contribution in [3.8, 4) is 0 Å². The summed E-state index contributed by atoms with van der Waals surface area (Å²) < 4.78 is 0. The molecule has 0 aromatic heterocycles. The number of halogens is 1. The molecule has 21 heavy (non-hydrogen) atoms. The van der Waals surface area contributed by atoms with Crippen molar-refractivity contribution in [2.75, 3.05) is 6.54 Å². The van der Waals surface area contributed by atoms with E-state index in [-0.39, 0.29) is 0 Å². The molecule has 0 bridgehead atoms. The SMILES string of the molecule is Cc1cccc(C2c3ccc(Cl)cc3C3NCCCC32)c1. The Balaban J connectivity index is 1.86. The highest BCUT2D eigenvalue weighted by molar-refractivity contribution is 6.30. The highest BCUT2D eigenvalue weighted by Crippen LogP contribution is 2.52. The number of nitrogens with one attached hydrogen (secondary N) is 1. The van der Waals surface area contributed by atoms with Crippen molar-refractivity contribution >= 4 is 11.6 Å². The van der Waals surface area contributed by atoms with Crippen molar-refractivity contribution in [1.29, 1.82) is 0 Å². The molecule has 1 heterocycles. The van der Waals surface area contributed by atoms with Gasteiger partial charge in [-0.1, -0.05) is 47.5 Å². The third-order valence-electron chi connectivity index (χ3n) is 5.05. The van der Waals surface area contributed by atoms with Crippen LogP contribution in [0.25, 0.3) is 0 Å². The Labute approximate surface area is 131 Å². The molecule has 1 aliphatic carbocycles. The first kappa shape index (κ1) is 13.4. The molecule has 0 amide bonds. The average Bonchev–Trinajstić information content (AvgIpc) is 2.81. The third kappa shape index (κ3) is 2.20. The molecule has 4 rings (SSSR count). The standard InChI is InChI=1S/C19H20ClN/c1-12-4-2-5-13(10-12)18-15-8-7-14(20)11-17(15)19-16(18)6-3-9-21-19/h2,4-5,7-8,10-11,16,18-19,21H,3,6,9H2,1H3. The first-order chi connectivity index (χ1) is 10.2. The van der Waals surface area contributed by atoms with Crippen molar-refractivity contribution in [3.63, 3.8) is 0 Å². The summed E-state index contributed by atoms with van der Waals surface area (Å²) in [5, 5.41) is 4.57. The van der Waals surface area contributed by atoms with E-state index in [0.29, 0.717) is 17.9 Å². The molecule has 2 heteroatoms. The molecule has 2 aliphatic rings. The van der Waals surface area contributed by atoms with Crippen LogP contribution in [-0.2, 0) is 0 Å². The van der Waals surface area contributed by atoms with Crippen molar-refractivity contribution in [2.45, 2.75) is 31.7 Å². The molecule has 108 valence electrons. The van der Waals surface area contributed by atoms with Gasteiger partial charge in [0.05, 0.1) is 0 Å². The number of benzene rings is 2. The maximum atomic E-state index is 6.25. The van der Waals surface area contributed by atoms with Crippen molar-refractivity contribution in [3.05, 3.63) is 69.7 Å². The van der Waals surface area contributed by atoms with Gasteiger partial charge in [0.2, 0.25) is 0 Å². The minimum absolute atomic E-state index is 0.470. The van der Waals surface area contributed by atoms with E-state index >= 15 is 0 Å². The van der Waals surface area contributed by atoms with Crippen LogP contribution in [0.3, 0.4) is 0 Å². The van der Waals surface area contributed by atoms with Crippen LogP contribution in [-0.4, -0.2) is 6.54 Å². The molecule has 1 aliphatic heterocycles. The van der Waals surface area contributed by atoms with E-state index in [1.807, 2.05) is 6.07 Å². The molecule has 2 aromatic carbocycles. The predicted molar refractivity (Wildman–Crippen MR) is 87.9 cm³/mol. The summed E-state index contributed by atoms with van der Waals surface area (Å²) >= 11 is 6.25. The van der Waals surface area contributed by atoms with E-state index in [9.17, 15) is 0 Å². The second-order valence-corrected chi connectivity index (χ2v) is 6.84. The summed E-state index contributed by atoms with van der Waals surface area (Å²) in [7, 11) is 0. The zero-order valence-corrected chi connectivity index (χ0v) is 13.0. The Morgan fingerprint density at radius 1 is 1.10 bits per heavy atom. The van der Waals surface area contributed by atoms with Gasteiger partial charge in [0.25, 0.3) is 0 Å². The maximum Gasteiger partial charge on any atom is 0.0409 e. The number of piperidine rings is 1. The van der Waals surface area contributed by atoms with Gasteiger partial charge in [0, 0.05) is 17.0 Å². The number of rotatable bonds is 1. The van der Waals surface area contributed by atoms with E-state index in [0.717, 1.165) is 11.6 Å². The Kier molecular flexibility index (Phi) is 3.28. The smallest absolute Gasteiger partial charge is 0.0409 e. The lowest BCUT2D eigenvalue weighted by Crippen LogP contribution is -2.32. The van der Waals surface area contributed by atoms with E-state index in [1.165, 1.54) is 35.1 Å². The molecule has 1 saturated heterocycles. The Hall–Kier alpha value is -1.31. The van der Waals surface area contributed by atoms with Crippen LogP contribution < -0.4 is 5.32 Å². The minimum atomic E-state index is 0.470. The predicted octanol–water partition coefficient (Wildman–Crippen LogP) is 4.83. The van der Waals surface area contributed by atoms with Gasteiger partial charge < -0.3 is 5.32 Å². The summed E-state index contributed by atoms with van der Waals surface area (Å²) in [6.45, 7) is 3.30. The van der Waals surface area contributed by atoms with Crippen LogP contribution in [0.2, 0.25) is 5.02 Å². The van der Waals surface area contributed by atoms with Crippen LogP contribution in [0, 0.1) is 12.8 Å². The van der Waals surface area contributed by atoms with E-state index in [1.54, 1.807) is 0 Å². The van der Waals surface area contributed by atoms with Gasteiger partial charge in [-0.3, -0.25) is 0 Å². The van der Waals surface area contributed by atoms with Crippen LogP contribution in [0.1, 0.15) is 47.1 Å². The fourth-order valence-electron chi connectivity index (χ4n) is 4.23. The average molecular weight is 298 g/mol. The van der Waals surface area contributed by atoms with Gasteiger partial charge >= 0.3 is 0 Å². The molecule has 1 N–H and O–H groups in total. The molecule has 2 aromatic rings. The monoisotopic (exact) mass is 297 g/mol. The zero-order chi connectivity index (χ0) is 14.4. The van der Waals surface area contributed by atoms with Gasteiger partial charge in [0.15, 0.2) is 0 Å². The van der Waals surface area contributed by atoms with Crippen LogP contribution >= 0.6 is 11.6 Å². The van der Waals surface area contributed by atoms with E-state index < -0.39 is 0 Å². The molecule has 0 spiro atoms. The maximum absolute atomic E-state index is 6.25. The minimum Gasteiger partial charge on any atom is -0.310 e. The lowest BCUT2D eigenvalue weighted by molar-refractivity contribution is 0.287. The van der Waals surface area contributed by atoms with Gasteiger partial charge in [-0.2, -0.15) is 0 Å². The number of hydrogen-bond donors (Lipinski definition) is 1. The summed E-state index contributed by atoms with van der Waals surface area (Å²) in [6.07, 6.45) is 2.56. The fraction of sp³-hybridized carbons (Fsp3) is 0.368. The van der Waals surface area contributed by atoms with Crippen LogP contribution in [0.4, 0.5) is 0 Å². The van der Waals surface area contributed by atoms with Crippen molar-refractivity contribution in [1.82, 2.24) is 5.32 Å². The second-order valence-electron chi connectivity index (χ2n) is 6.40. The van der Waals surface area contributed by atoms with E-state index in [2.05, 4.69) is 48.6 Å². The third-order valence-corrected chi connectivity index (χ3v) is 5.29. The molecule has 1 fully saturated rings. The fourth-order valence-corrected chi connectivity index (χ4v) is 4.41. The summed E-state index contributed by atoms with van der Waals surface area (Å²) in [4.78, 5) is 0. The highest BCUT2D eigenvalue weighted by atomic mass is 35.5. The van der Waals surface area contributed by atoms with Crippen molar-refractivity contribution in [2.24, 2.45) is 5.92 Å². The van der Waals surface area contributed by atoms with Gasteiger partial charge in [-0.15, -0.1) is 0 Å². The highest BCUT2D eigenvalue weighted by Gasteiger charge is 2.42. The number of fused-ring (bicyclic) bond motifs is 3. The first-order valence-corrected chi connectivity index (χ1v) is 8.21. The molecular weight excluding hydrogens is 278 g/mol. The molecule has 3 unspecified atom stereocenters. The Morgan fingerprint density at radius 2 is 2.00 bits per heavy atom. The normalized spacial score (nSPS) is 27.2. The van der Waals surface area contributed by atoms with Crippen LogP contribution in [0.5, 0.6) is 0 Å². The summed E-state index contributed by atoms with van der Waals surface area (Å²) in [6, 6.07) is 15.9. The largest absolute Gasteiger partial charge is 0.310 e. The molecule has 1 nitrogen and oxygen atoms in total. The van der Waals surface area contributed by atoms with Gasteiger partial charge in [-0.25, -0.2) is 0 Å². The molecular formula is C19H20ClN. The van der Waals surface area contributed by atoms with E-state index in [4.69, 9.17) is 11.6 Å².